The number of hydrogen-bond acceptors (Lipinski definition) is 7. The lowest BCUT2D eigenvalue weighted by Gasteiger charge is -2.08. The molecule has 0 fully saturated rings. The average Bonchev–Trinajstić information content (AvgIpc) is 2.52. The smallest absolute Gasteiger partial charge is 0.313 e. The van der Waals surface area contributed by atoms with E-state index < -0.39 is 4.92 Å². The number of nitrogens with one attached hydrogen (secondary N) is 1. The average molecular weight is 381 g/mol. The van der Waals surface area contributed by atoms with Crippen molar-refractivity contribution in [1.29, 1.82) is 0 Å². The molecule has 0 saturated carbocycles. The molecule has 1 heterocycles. The number of aromatic hydroxyl groups is 1. The number of phenolic OH excluding ortho intramolecular Hbond substituents is 1. The van der Waals surface area contributed by atoms with Gasteiger partial charge < -0.3 is 9.84 Å². The number of rotatable bonds is 6. The molecular formula is C14H13BrN4O4. The summed E-state index contributed by atoms with van der Waals surface area (Å²) in [5.74, 6) is 0.247. The van der Waals surface area contributed by atoms with Gasteiger partial charge in [0.2, 0.25) is 5.82 Å². The molecule has 0 aliphatic carbocycles. The number of halogens is 1. The molecule has 1 aromatic heterocycles. The van der Waals surface area contributed by atoms with Gasteiger partial charge in [-0.15, -0.1) is 0 Å². The Morgan fingerprint density at radius 3 is 3.04 bits per heavy atom. The van der Waals surface area contributed by atoms with E-state index in [2.05, 4.69) is 31.4 Å². The second-order valence-corrected chi connectivity index (χ2v) is 5.19. The van der Waals surface area contributed by atoms with Crippen molar-refractivity contribution in [2.75, 3.05) is 12.0 Å². The van der Waals surface area contributed by atoms with Crippen LogP contribution in [0.3, 0.4) is 0 Å². The fourth-order valence-corrected chi connectivity index (χ4v) is 2.21. The molecular weight excluding hydrogens is 368 g/mol. The molecule has 0 saturated heterocycles. The summed E-state index contributed by atoms with van der Waals surface area (Å²) in [7, 11) is 0. The van der Waals surface area contributed by atoms with Crippen LogP contribution in [-0.4, -0.2) is 27.8 Å². The number of anilines is 1. The van der Waals surface area contributed by atoms with Crippen LogP contribution in [0.1, 0.15) is 12.5 Å². The Morgan fingerprint density at radius 2 is 2.35 bits per heavy atom. The lowest BCUT2D eigenvalue weighted by molar-refractivity contribution is -0.384. The Morgan fingerprint density at radius 1 is 1.57 bits per heavy atom. The number of nitro groups is 1. The lowest BCUT2D eigenvalue weighted by atomic mass is 10.2. The highest BCUT2D eigenvalue weighted by atomic mass is 79.9. The van der Waals surface area contributed by atoms with Crippen LogP contribution in [-0.2, 0) is 0 Å². The Hall–Kier alpha value is -2.68. The van der Waals surface area contributed by atoms with Crippen LogP contribution in [0.15, 0.2) is 40.0 Å². The molecule has 0 atom stereocenters. The predicted molar refractivity (Wildman–Crippen MR) is 89.1 cm³/mol. The normalized spacial score (nSPS) is 10.7. The van der Waals surface area contributed by atoms with Gasteiger partial charge in [-0.25, -0.2) is 4.98 Å². The molecule has 2 N–H and O–H groups in total. The van der Waals surface area contributed by atoms with Gasteiger partial charge in [-0.3, -0.25) is 15.5 Å². The van der Waals surface area contributed by atoms with Gasteiger partial charge in [-0.1, -0.05) is 15.9 Å². The predicted octanol–water partition coefficient (Wildman–Crippen LogP) is 3.30. The van der Waals surface area contributed by atoms with Crippen molar-refractivity contribution in [3.63, 3.8) is 0 Å². The van der Waals surface area contributed by atoms with Crippen molar-refractivity contribution in [2.24, 2.45) is 5.10 Å². The molecule has 0 spiro atoms. The summed E-state index contributed by atoms with van der Waals surface area (Å²) in [5.41, 5.74) is 2.68. The van der Waals surface area contributed by atoms with E-state index in [0.29, 0.717) is 22.4 Å². The number of aromatic nitrogens is 1. The number of benzene rings is 1. The van der Waals surface area contributed by atoms with Crippen molar-refractivity contribution in [2.45, 2.75) is 6.92 Å². The Balaban J connectivity index is 2.23. The zero-order valence-corrected chi connectivity index (χ0v) is 13.6. The summed E-state index contributed by atoms with van der Waals surface area (Å²) in [4.78, 5) is 14.2. The first-order valence-electron chi connectivity index (χ1n) is 6.56. The number of nitrogens with zero attached hydrogens (tertiary/aromatic N) is 3. The van der Waals surface area contributed by atoms with Crippen LogP contribution in [0.25, 0.3) is 0 Å². The minimum absolute atomic E-state index is 0.00766. The summed E-state index contributed by atoms with van der Waals surface area (Å²) in [6.07, 6.45) is 2.73. The van der Waals surface area contributed by atoms with Crippen molar-refractivity contribution in [1.82, 2.24) is 4.98 Å². The van der Waals surface area contributed by atoms with Gasteiger partial charge in [-0.05, 0) is 25.1 Å². The van der Waals surface area contributed by atoms with E-state index in [0.717, 1.165) is 0 Å². The molecule has 2 rings (SSSR count). The Labute approximate surface area is 140 Å². The first-order valence-corrected chi connectivity index (χ1v) is 7.36. The maximum Gasteiger partial charge on any atom is 0.313 e. The maximum atomic E-state index is 10.9. The highest BCUT2D eigenvalue weighted by molar-refractivity contribution is 9.10. The van der Waals surface area contributed by atoms with E-state index in [1.54, 1.807) is 19.1 Å². The second kappa shape index (κ2) is 7.54. The molecule has 1 aromatic carbocycles. The maximum absolute atomic E-state index is 10.9. The summed E-state index contributed by atoms with van der Waals surface area (Å²) in [5, 5.41) is 24.9. The van der Waals surface area contributed by atoms with Crippen molar-refractivity contribution < 1.29 is 14.8 Å². The summed E-state index contributed by atoms with van der Waals surface area (Å²) < 4.78 is 6.01. The first-order chi connectivity index (χ1) is 11.0. The lowest BCUT2D eigenvalue weighted by Crippen LogP contribution is -1.99. The summed E-state index contributed by atoms with van der Waals surface area (Å²) >= 11 is 3.31. The second-order valence-electron chi connectivity index (χ2n) is 4.27. The molecule has 0 bridgehead atoms. The van der Waals surface area contributed by atoms with Gasteiger partial charge in [0.15, 0.2) is 11.5 Å². The third-order valence-corrected chi connectivity index (χ3v) is 3.18. The van der Waals surface area contributed by atoms with Gasteiger partial charge in [-0.2, -0.15) is 5.10 Å². The zero-order chi connectivity index (χ0) is 16.8. The van der Waals surface area contributed by atoms with E-state index in [9.17, 15) is 15.2 Å². The quantitative estimate of drug-likeness (QED) is 0.451. The minimum atomic E-state index is -0.561. The SMILES string of the molecule is CCOc1cc(Br)cc(/C=N/Nc2ncccc2[N+](=O)[O-])c1O. The molecule has 120 valence electrons. The number of hydrogen-bond donors (Lipinski definition) is 2. The van der Waals surface area contributed by atoms with Gasteiger partial charge in [0.1, 0.15) is 0 Å². The molecule has 0 radical (unpaired) electrons. The minimum Gasteiger partial charge on any atom is -0.504 e. The molecule has 0 aliphatic rings. The molecule has 23 heavy (non-hydrogen) atoms. The highest BCUT2D eigenvalue weighted by Crippen LogP contribution is 2.33. The van der Waals surface area contributed by atoms with Gasteiger partial charge in [0.05, 0.1) is 17.7 Å². The summed E-state index contributed by atoms with van der Waals surface area (Å²) in [6, 6.07) is 6.04. The molecule has 0 amide bonds. The molecule has 8 nitrogen and oxygen atoms in total. The van der Waals surface area contributed by atoms with Crippen LogP contribution in [0.5, 0.6) is 11.5 Å². The monoisotopic (exact) mass is 380 g/mol. The Kier molecular flexibility index (Phi) is 5.47. The summed E-state index contributed by atoms with van der Waals surface area (Å²) in [6.45, 7) is 2.20. The largest absolute Gasteiger partial charge is 0.504 e. The van der Waals surface area contributed by atoms with Crippen LogP contribution in [0, 0.1) is 10.1 Å². The van der Waals surface area contributed by atoms with E-state index in [-0.39, 0.29) is 17.3 Å². The third kappa shape index (κ3) is 4.16. The van der Waals surface area contributed by atoms with E-state index in [4.69, 9.17) is 4.74 Å². The molecule has 0 aliphatic heterocycles. The van der Waals surface area contributed by atoms with Crippen LogP contribution in [0.4, 0.5) is 11.5 Å². The van der Waals surface area contributed by atoms with E-state index in [1.165, 1.54) is 24.5 Å². The fraction of sp³-hybridized carbons (Fsp3) is 0.143. The molecule has 9 heteroatoms. The van der Waals surface area contributed by atoms with Crippen molar-refractivity contribution in [3.05, 3.63) is 50.6 Å². The van der Waals surface area contributed by atoms with Crippen LogP contribution >= 0.6 is 15.9 Å². The van der Waals surface area contributed by atoms with Gasteiger partial charge in [0.25, 0.3) is 0 Å². The van der Waals surface area contributed by atoms with Crippen LogP contribution < -0.4 is 10.2 Å². The van der Waals surface area contributed by atoms with Crippen LogP contribution in [0.2, 0.25) is 0 Å². The zero-order valence-electron chi connectivity index (χ0n) is 12.1. The fourth-order valence-electron chi connectivity index (χ4n) is 1.75. The number of hydrazone groups is 1. The van der Waals surface area contributed by atoms with E-state index >= 15 is 0 Å². The Bertz CT molecular complexity index is 752. The molecule has 2 aromatic rings. The number of pyridine rings is 1. The number of ether oxygens (including phenoxy) is 1. The highest BCUT2D eigenvalue weighted by Gasteiger charge is 2.13. The van der Waals surface area contributed by atoms with Crippen molar-refractivity contribution in [3.8, 4) is 11.5 Å². The van der Waals surface area contributed by atoms with Crippen molar-refractivity contribution >= 4 is 33.6 Å². The van der Waals surface area contributed by atoms with E-state index in [1.807, 2.05) is 0 Å². The third-order valence-electron chi connectivity index (χ3n) is 2.73. The number of phenols is 1. The standard InChI is InChI=1S/C14H13BrN4O4/c1-2-23-12-7-10(15)6-9(13(12)20)8-17-18-14-11(19(21)22)4-3-5-16-14/h3-8,20H,2H2,1H3,(H,16,18)/b17-8+. The first kappa shape index (κ1) is 16.7. The van der Waals surface area contributed by atoms with Gasteiger partial charge >= 0.3 is 5.69 Å². The van der Waals surface area contributed by atoms with Gasteiger partial charge in [0, 0.05) is 22.3 Å². The molecule has 0 unspecified atom stereocenters. The topological polar surface area (TPSA) is 110 Å².